The van der Waals surface area contributed by atoms with E-state index in [-0.39, 0.29) is 5.97 Å². The average molecular weight is 321 g/mol. The minimum absolute atomic E-state index is 0.0786. The second-order valence-electron chi connectivity index (χ2n) is 6.09. The molecule has 4 heteroatoms. The molecule has 1 aromatic carbocycles. The fourth-order valence-electron chi connectivity index (χ4n) is 3.04. The second kappa shape index (κ2) is 8.59. The first-order valence-electron chi connectivity index (χ1n) is 8.13. The fourth-order valence-corrected chi connectivity index (χ4v) is 4.04. The third kappa shape index (κ3) is 5.65. The van der Waals surface area contributed by atoms with Crippen LogP contribution in [0.1, 0.15) is 36.5 Å². The summed E-state index contributed by atoms with van der Waals surface area (Å²) in [7, 11) is 0. The van der Waals surface area contributed by atoms with Gasteiger partial charge in [0.05, 0.1) is 12.4 Å². The van der Waals surface area contributed by atoms with Gasteiger partial charge >= 0.3 is 5.97 Å². The minimum Gasteiger partial charge on any atom is -0.465 e. The zero-order chi connectivity index (χ0) is 15.9. The quantitative estimate of drug-likeness (QED) is 0.749. The Hall–Kier alpha value is -1.00. The molecule has 0 atom stereocenters. The summed E-state index contributed by atoms with van der Waals surface area (Å²) >= 11 is 1.76. The average Bonchev–Trinajstić information content (AvgIpc) is 2.46. The molecule has 3 nitrogen and oxygen atoms in total. The molecule has 0 saturated carbocycles. The van der Waals surface area contributed by atoms with E-state index >= 15 is 0 Å². The van der Waals surface area contributed by atoms with E-state index in [0.717, 1.165) is 32.5 Å². The van der Waals surface area contributed by atoms with Crippen molar-refractivity contribution in [2.24, 2.45) is 0 Å². The van der Waals surface area contributed by atoms with Gasteiger partial charge in [0.2, 0.25) is 0 Å². The van der Waals surface area contributed by atoms with Crippen molar-refractivity contribution in [3.63, 3.8) is 0 Å². The highest BCUT2D eigenvalue weighted by atomic mass is 32.2. The number of likely N-dealkylation sites (tertiary alicyclic amines) is 1. The van der Waals surface area contributed by atoms with Gasteiger partial charge < -0.3 is 4.74 Å². The maximum absolute atomic E-state index is 11.4. The predicted molar refractivity (Wildman–Crippen MR) is 93.3 cm³/mol. The van der Waals surface area contributed by atoms with Gasteiger partial charge in [0.15, 0.2) is 0 Å². The highest BCUT2D eigenvalue weighted by molar-refractivity contribution is 8.00. The fraction of sp³-hybridized carbons (Fsp3) is 0.611. The third-order valence-corrected chi connectivity index (χ3v) is 5.31. The molecule has 1 aromatic rings. The van der Waals surface area contributed by atoms with Gasteiger partial charge in [-0.1, -0.05) is 29.3 Å². The molecule has 0 aliphatic carbocycles. The van der Waals surface area contributed by atoms with E-state index in [4.69, 9.17) is 4.74 Å². The summed E-state index contributed by atoms with van der Waals surface area (Å²) in [5, 5.41) is 0.597. The lowest BCUT2D eigenvalue weighted by Crippen LogP contribution is -2.34. The lowest BCUT2D eigenvalue weighted by Gasteiger charge is -2.31. The second-order valence-corrected chi connectivity index (χ2v) is 7.38. The van der Waals surface area contributed by atoms with Crippen molar-refractivity contribution >= 4 is 17.7 Å². The van der Waals surface area contributed by atoms with Gasteiger partial charge in [-0.2, -0.15) is 0 Å². The van der Waals surface area contributed by atoms with Gasteiger partial charge in [-0.15, -0.1) is 11.8 Å². The van der Waals surface area contributed by atoms with Crippen LogP contribution in [0, 0.1) is 13.8 Å². The Bertz CT molecular complexity index is 476. The normalized spacial score (nSPS) is 16.7. The largest absolute Gasteiger partial charge is 0.465 e. The zero-order valence-corrected chi connectivity index (χ0v) is 14.7. The van der Waals surface area contributed by atoms with Gasteiger partial charge in [-0.3, -0.25) is 9.69 Å². The number of rotatable bonds is 6. The molecule has 1 aliphatic heterocycles. The predicted octanol–water partition coefficient (Wildman–Crippen LogP) is 3.56. The standard InChI is InChI=1S/C18H27NO2S/c1-4-21-18(20)13-22-17-5-7-19(8-6-17)12-16-10-14(2)9-15(3)11-16/h9-11,17H,4-8,12-13H2,1-3H3. The lowest BCUT2D eigenvalue weighted by molar-refractivity contribution is -0.139. The van der Waals surface area contributed by atoms with Gasteiger partial charge in [0.1, 0.15) is 0 Å². The van der Waals surface area contributed by atoms with Crippen LogP contribution < -0.4 is 0 Å². The lowest BCUT2D eigenvalue weighted by atomic mass is 10.1. The molecule has 0 unspecified atom stereocenters. The number of hydrogen-bond donors (Lipinski definition) is 0. The summed E-state index contributed by atoms with van der Waals surface area (Å²) in [6.45, 7) is 9.93. The van der Waals surface area contributed by atoms with E-state index in [9.17, 15) is 4.79 Å². The monoisotopic (exact) mass is 321 g/mol. The first kappa shape index (κ1) is 17.4. The number of benzene rings is 1. The number of piperidine rings is 1. The Morgan fingerprint density at radius 2 is 1.86 bits per heavy atom. The van der Waals surface area contributed by atoms with Crippen LogP contribution in [0.4, 0.5) is 0 Å². The molecule has 1 fully saturated rings. The minimum atomic E-state index is -0.0786. The van der Waals surface area contributed by atoms with Crippen LogP contribution in [-0.4, -0.2) is 41.6 Å². The molecule has 122 valence electrons. The molecule has 0 bridgehead atoms. The van der Waals surface area contributed by atoms with E-state index in [0.29, 0.717) is 17.6 Å². The van der Waals surface area contributed by atoms with Crippen molar-refractivity contribution in [2.45, 2.75) is 45.4 Å². The van der Waals surface area contributed by atoms with Crippen LogP contribution in [0.5, 0.6) is 0 Å². The van der Waals surface area contributed by atoms with Crippen molar-refractivity contribution in [2.75, 3.05) is 25.4 Å². The Kier molecular flexibility index (Phi) is 6.77. The van der Waals surface area contributed by atoms with Crippen LogP contribution in [0.25, 0.3) is 0 Å². The van der Waals surface area contributed by atoms with Crippen LogP contribution >= 0.6 is 11.8 Å². The molecular weight excluding hydrogens is 294 g/mol. The van der Waals surface area contributed by atoms with E-state index in [1.807, 2.05) is 6.92 Å². The highest BCUT2D eigenvalue weighted by Crippen LogP contribution is 2.24. The molecule has 0 amide bonds. The summed E-state index contributed by atoms with van der Waals surface area (Å²) in [6, 6.07) is 6.80. The molecule has 2 rings (SSSR count). The van der Waals surface area contributed by atoms with Crippen LogP contribution in [-0.2, 0) is 16.1 Å². The number of nitrogens with zero attached hydrogens (tertiary/aromatic N) is 1. The molecule has 0 N–H and O–H groups in total. The number of aryl methyl sites for hydroxylation is 2. The number of thioether (sulfide) groups is 1. The highest BCUT2D eigenvalue weighted by Gasteiger charge is 2.20. The molecule has 0 aromatic heterocycles. The van der Waals surface area contributed by atoms with Crippen molar-refractivity contribution in [3.8, 4) is 0 Å². The maximum Gasteiger partial charge on any atom is 0.315 e. The van der Waals surface area contributed by atoms with Gasteiger partial charge in [0, 0.05) is 11.8 Å². The molecule has 0 spiro atoms. The van der Waals surface area contributed by atoms with E-state index in [1.165, 1.54) is 16.7 Å². The number of ether oxygens (including phenoxy) is 1. The molecule has 1 saturated heterocycles. The van der Waals surface area contributed by atoms with Crippen molar-refractivity contribution < 1.29 is 9.53 Å². The Morgan fingerprint density at radius 1 is 1.23 bits per heavy atom. The number of carbonyl (C=O) groups is 1. The molecule has 1 aliphatic rings. The summed E-state index contributed by atoms with van der Waals surface area (Å²) in [5.74, 6) is 0.417. The van der Waals surface area contributed by atoms with E-state index < -0.39 is 0 Å². The molecule has 0 radical (unpaired) electrons. The van der Waals surface area contributed by atoms with Crippen molar-refractivity contribution in [1.82, 2.24) is 4.90 Å². The molecule has 1 heterocycles. The van der Waals surface area contributed by atoms with Crippen LogP contribution in [0.2, 0.25) is 0 Å². The Balaban J connectivity index is 1.74. The topological polar surface area (TPSA) is 29.5 Å². The Labute approximate surface area is 138 Å². The first-order chi connectivity index (χ1) is 10.6. The van der Waals surface area contributed by atoms with Gasteiger partial charge in [0.25, 0.3) is 0 Å². The first-order valence-corrected chi connectivity index (χ1v) is 9.18. The van der Waals surface area contributed by atoms with Crippen molar-refractivity contribution in [1.29, 1.82) is 0 Å². The number of carbonyl (C=O) groups excluding carboxylic acids is 1. The maximum atomic E-state index is 11.4. The van der Waals surface area contributed by atoms with Crippen molar-refractivity contribution in [3.05, 3.63) is 34.9 Å². The zero-order valence-electron chi connectivity index (χ0n) is 13.9. The summed E-state index contributed by atoms with van der Waals surface area (Å²) < 4.78 is 4.99. The van der Waals surface area contributed by atoms with Crippen LogP contribution in [0.15, 0.2) is 18.2 Å². The number of hydrogen-bond acceptors (Lipinski definition) is 4. The molecule has 22 heavy (non-hydrogen) atoms. The molecular formula is C18H27NO2S. The van der Waals surface area contributed by atoms with Gasteiger partial charge in [-0.05, 0) is 52.3 Å². The third-order valence-electron chi connectivity index (χ3n) is 3.96. The summed E-state index contributed by atoms with van der Waals surface area (Å²) in [4.78, 5) is 13.9. The SMILES string of the molecule is CCOC(=O)CSC1CCN(Cc2cc(C)cc(C)c2)CC1. The summed E-state index contributed by atoms with van der Waals surface area (Å²) in [6.07, 6.45) is 2.32. The van der Waals surface area contributed by atoms with Gasteiger partial charge in [-0.25, -0.2) is 0 Å². The Morgan fingerprint density at radius 3 is 2.45 bits per heavy atom. The summed E-state index contributed by atoms with van der Waals surface area (Å²) in [5.41, 5.74) is 4.10. The smallest absolute Gasteiger partial charge is 0.315 e. The van der Waals surface area contributed by atoms with E-state index in [1.54, 1.807) is 11.8 Å². The van der Waals surface area contributed by atoms with Crippen LogP contribution in [0.3, 0.4) is 0 Å². The number of esters is 1. The van der Waals surface area contributed by atoms with E-state index in [2.05, 4.69) is 36.9 Å².